The molecule has 1 aromatic rings. The van der Waals surface area contributed by atoms with Crippen molar-refractivity contribution in [3.63, 3.8) is 0 Å². The van der Waals surface area contributed by atoms with Gasteiger partial charge in [0, 0.05) is 18.3 Å². The second kappa shape index (κ2) is 5.19. The van der Waals surface area contributed by atoms with E-state index in [2.05, 4.69) is 13.8 Å². The molecule has 104 valence electrons. The molecule has 0 atom stereocenters. The topological polar surface area (TPSA) is 46.3 Å². The van der Waals surface area contributed by atoms with Gasteiger partial charge in [-0.3, -0.25) is 4.79 Å². The van der Waals surface area contributed by atoms with Crippen molar-refractivity contribution in [3.05, 3.63) is 29.1 Å². The smallest absolute Gasteiger partial charge is 0.257 e. The van der Waals surface area contributed by atoms with Gasteiger partial charge < -0.3 is 10.6 Å². The number of rotatable bonds is 4. The van der Waals surface area contributed by atoms with Crippen LogP contribution in [0.3, 0.4) is 0 Å². The Balaban J connectivity index is 2.31. The fourth-order valence-electron chi connectivity index (χ4n) is 2.29. The summed E-state index contributed by atoms with van der Waals surface area (Å²) in [4.78, 5) is 14.3. The van der Waals surface area contributed by atoms with Gasteiger partial charge in [0.05, 0.1) is 5.56 Å². The maximum atomic E-state index is 14.1. The summed E-state index contributed by atoms with van der Waals surface area (Å²) in [7, 11) is 0. The first-order valence-electron chi connectivity index (χ1n) is 6.76. The minimum absolute atomic E-state index is 0.102. The van der Waals surface area contributed by atoms with Crippen LogP contribution in [0.4, 0.5) is 10.1 Å². The van der Waals surface area contributed by atoms with Crippen molar-refractivity contribution in [3.8, 4) is 0 Å². The second-order valence-electron chi connectivity index (χ2n) is 5.78. The highest BCUT2D eigenvalue weighted by molar-refractivity contribution is 5.96. The molecule has 0 saturated heterocycles. The van der Waals surface area contributed by atoms with Gasteiger partial charge in [-0.2, -0.15) is 0 Å². The lowest BCUT2D eigenvalue weighted by Crippen LogP contribution is -2.36. The molecule has 3 nitrogen and oxygen atoms in total. The Kier molecular flexibility index (Phi) is 3.78. The molecule has 2 N–H and O–H groups in total. The Labute approximate surface area is 113 Å². The number of hydrogen-bond acceptors (Lipinski definition) is 2. The molecule has 4 heteroatoms. The number of benzene rings is 1. The largest absolute Gasteiger partial charge is 0.399 e. The molecule has 1 fully saturated rings. The Morgan fingerprint density at radius 3 is 2.63 bits per heavy atom. The first-order valence-corrected chi connectivity index (χ1v) is 6.76. The van der Waals surface area contributed by atoms with Crippen LogP contribution in [0.1, 0.15) is 42.6 Å². The van der Waals surface area contributed by atoms with Gasteiger partial charge in [-0.15, -0.1) is 0 Å². The van der Waals surface area contributed by atoms with Gasteiger partial charge in [0.15, 0.2) is 0 Å². The number of anilines is 1. The fourth-order valence-corrected chi connectivity index (χ4v) is 2.29. The van der Waals surface area contributed by atoms with Crippen LogP contribution < -0.4 is 5.73 Å². The molecular weight excluding hydrogens is 243 g/mol. The molecule has 0 aliphatic heterocycles. The van der Waals surface area contributed by atoms with Gasteiger partial charge in [-0.05, 0) is 43.4 Å². The normalized spacial score (nSPS) is 14.8. The highest BCUT2D eigenvalue weighted by atomic mass is 19.1. The standard InChI is InChI=1S/C15H21FN2O/c1-9(2)8-18(12-4-5-12)15(19)13-7-11(17)6-10(3)14(13)16/h6-7,9,12H,4-5,8,17H2,1-3H3. The molecule has 0 radical (unpaired) electrons. The first-order chi connectivity index (χ1) is 8.90. The Morgan fingerprint density at radius 1 is 1.47 bits per heavy atom. The predicted octanol–water partition coefficient (Wildman–Crippen LogP) is 2.98. The quantitative estimate of drug-likeness (QED) is 0.850. The molecule has 0 bridgehead atoms. The number of aryl methyl sites for hydroxylation is 1. The van der Waals surface area contributed by atoms with Gasteiger partial charge in [-0.25, -0.2) is 4.39 Å². The number of carbonyl (C=O) groups is 1. The lowest BCUT2D eigenvalue weighted by Gasteiger charge is -2.25. The summed E-state index contributed by atoms with van der Waals surface area (Å²) in [5, 5.41) is 0. The van der Waals surface area contributed by atoms with Crippen LogP contribution in [0, 0.1) is 18.7 Å². The van der Waals surface area contributed by atoms with Gasteiger partial charge >= 0.3 is 0 Å². The molecule has 1 aliphatic carbocycles. The molecule has 19 heavy (non-hydrogen) atoms. The fraction of sp³-hybridized carbons (Fsp3) is 0.533. The van der Waals surface area contributed by atoms with Crippen LogP contribution in [0.15, 0.2) is 12.1 Å². The van der Waals surface area contributed by atoms with Gasteiger partial charge in [0.2, 0.25) is 0 Å². The maximum absolute atomic E-state index is 14.1. The predicted molar refractivity (Wildman–Crippen MR) is 74.4 cm³/mol. The van der Waals surface area contributed by atoms with Crippen molar-refractivity contribution in [2.45, 2.75) is 39.7 Å². The Bertz CT molecular complexity index is 495. The zero-order valence-corrected chi connectivity index (χ0v) is 11.7. The van der Waals surface area contributed by atoms with E-state index >= 15 is 0 Å². The van der Waals surface area contributed by atoms with Crippen molar-refractivity contribution >= 4 is 11.6 Å². The summed E-state index contributed by atoms with van der Waals surface area (Å²) < 4.78 is 14.1. The zero-order chi connectivity index (χ0) is 14.2. The average molecular weight is 264 g/mol. The molecule has 0 unspecified atom stereocenters. The summed E-state index contributed by atoms with van der Waals surface area (Å²) in [5.74, 6) is -0.313. The molecule has 0 aromatic heterocycles. The SMILES string of the molecule is Cc1cc(N)cc(C(=O)N(CC(C)C)C2CC2)c1F. The summed E-state index contributed by atoms with van der Waals surface area (Å²) in [6.07, 6.45) is 2.03. The summed E-state index contributed by atoms with van der Waals surface area (Å²) in [6.45, 7) is 6.41. The van der Waals surface area contributed by atoms with E-state index in [4.69, 9.17) is 5.73 Å². The summed E-state index contributed by atoms with van der Waals surface area (Å²) >= 11 is 0. The van der Waals surface area contributed by atoms with Crippen molar-refractivity contribution in [1.82, 2.24) is 4.90 Å². The van der Waals surface area contributed by atoms with Gasteiger partial charge in [-0.1, -0.05) is 13.8 Å². The molecular formula is C15H21FN2O. The first kappa shape index (κ1) is 13.8. The molecule has 1 amide bonds. The van der Waals surface area contributed by atoms with E-state index in [1.54, 1.807) is 17.9 Å². The third kappa shape index (κ3) is 3.06. The monoisotopic (exact) mass is 264 g/mol. The number of hydrogen-bond donors (Lipinski definition) is 1. The van der Waals surface area contributed by atoms with Gasteiger partial charge in [0.25, 0.3) is 5.91 Å². The van der Waals surface area contributed by atoms with E-state index < -0.39 is 5.82 Å². The summed E-state index contributed by atoms with van der Waals surface area (Å²) in [5.41, 5.74) is 6.68. The van der Waals surface area contributed by atoms with E-state index in [-0.39, 0.29) is 17.5 Å². The van der Waals surface area contributed by atoms with Crippen molar-refractivity contribution in [1.29, 1.82) is 0 Å². The molecule has 1 aliphatic rings. The number of nitrogens with zero attached hydrogens (tertiary/aromatic N) is 1. The highest BCUT2D eigenvalue weighted by Crippen LogP contribution is 2.30. The minimum atomic E-state index is -0.450. The maximum Gasteiger partial charge on any atom is 0.257 e. The van der Waals surface area contributed by atoms with Gasteiger partial charge in [0.1, 0.15) is 5.82 Å². The van der Waals surface area contributed by atoms with E-state index in [0.29, 0.717) is 23.7 Å². The number of halogens is 1. The van der Waals surface area contributed by atoms with E-state index in [9.17, 15) is 9.18 Å². The number of nitrogens with two attached hydrogens (primary N) is 1. The zero-order valence-electron chi connectivity index (χ0n) is 11.7. The lowest BCUT2D eigenvalue weighted by atomic mass is 10.1. The number of amides is 1. The van der Waals surface area contributed by atoms with E-state index in [1.807, 2.05) is 0 Å². The molecule has 1 aromatic carbocycles. The Morgan fingerprint density at radius 2 is 2.11 bits per heavy atom. The van der Waals surface area contributed by atoms with E-state index in [0.717, 1.165) is 12.8 Å². The number of carbonyl (C=O) groups excluding carboxylic acids is 1. The third-order valence-corrected chi connectivity index (χ3v) is 3.32. The molecule has 0 spiro atoms. The molecule has 2 rings (SSSR count). The second-order valence-corrected chi connectivity index (χ2v) is 5.78. The van der Waals surface area contributed by atoms with Crippen LogP contribution in [-0.2, 0) is 0 Å². The van der Waals surface area contributed by atoms with Crippen molar-refractivity contribution in [2.24, 2.45) is 5.92 Å². The lowest BCUT2D eigenvalue weighted by molar-refractivity contribution is 0.0717. The van der Waals surface area contributed by atoms with Crippen molar-refractivity contribution < 1.29 is 9.18 Å². The van der Waals surface area contributed by atoms with Crippen LogP contribution >= 0.6 is 0 Å². The average Bonchev–Trinajstić information content (AvgIpc) is 3.13. The molecule has 0 heterocycles. The van der Waals surface area contributed by atoms with Crippen LogP contribution in [0.2, 0.25) is 0 Å². The van der Waals surface area contributed by atoms with E-state index in [1.165, 1.54) is 6.07 Å². The minimum Gasteiger partial charge on any atom is -0.399 e. The summed E-state index contributed by atoms with van der Waals surface area (Å²) in [6, 6.07) is 3.27. The third-order valence-electron chi connectivity index (χ3n) is 3.32. The molecule has 1 saturated carbocycles. The van der Waals surface area contributed by atoms with Crippen molar-refractivity contribution in [2.75, 3.05) is 12.3 Å². The van der Waals surface area contributed by atoms with Crippen LogP contribution in [0.5, 0.6) is 0 Å². The highest BCUT2D eigenvalue weighted by Gasteiger charge is 2.34. The van der Waals surface area contributed by atoms with Crippen LogP contribution in [-0.4, -0.2) is 23.4 Å². The Hall–Kier alpha value is -1.58. The van der Waals surface area contributed by atoms with Crippen LogP contribution in [0.25, 0.3) is 0 Å². The number of nitrogen functional groups attached to an aromatic ring is 1.